The second-order valence-corrected chi connectivity index (χ2v) is 5.24. The monoisotopic (exact) mass is 331 g/mol. The van der Waals surface area contributed by atoms with E-state index in [4.69, 9.17) is 16.3 Å². The Balaban J connectivity index is 1.67. The highest BCUT2D eigenvalue weighted by Gasteiger charge is 2.02. The summed E-state index contributed by atoms with van der Waals surface area (Å²) in [5.74, 6) is 0.0523. The van der Waals surface area contributed by atoms with E-state index in [0.717, 1.165) is 11.1 Å². The summed E-state index contributed by atoms with van der Waals surface area (Å²) >= 11 is 5.96. The summed E-state index contributed by atoms with van der Waals surface area (Å²) in [6.45, 7) is 0.710. The van der Waals surface area contributed by atoms with Crippen molar-refractivity contribution in [2.45, 2.75) is 13.0 Å². The maximum atomic E-state index is 11.5. The van der Waals surface area contributed by atoms with Crippen LogP contribution in [0.3, 0.4) is 0 Å². The second kappa shape index (κ2) is 8.86. The van der Waals surface area contributed by atoms with Crippen molar-refractivity contribution in [3.63, 3.8) is 0 Å². The lowest BCUT2D eigenvalue weighted by Crippen LogP contribution is -2.24. The quantitative estimate of drug-likeness (QED) is 0.772. The molecule has 0 aromatic heterocycles. The van der Waals surface area contributed by atoms with Gasteiger partial charge in [0, 0.05) is 6.54 Å². The van der Waals surface area contributed by atoms with Gasteiger partial charge in [0.2, 0.25) is 0 Å². The van der Waals surface area contributed by atoms with Crippen LogP contribution < -0.4 is 5.32 Å². The Morgan fingerprint density at radius 2 is 1.96 bits per heavy atom. The molecular formula is C18H18ClNO3. The van der Waals surface area contributed by atoms with E-state index < -0.39 is 6.09 Å². The first-order chi connectivity index (χ1) is 11.2. The third-order valence-electron chi connectivity index (χ3n) is 3.10. The molecule has 1 amide bonds. The highest BCUT2D eigenvalue weighted by atomic mass is 35.5. The van der Waals surface area contributed by atoms with E-state index in [1.807, 2.05) is 36.4 Å². The van der Waals surface area contributed by atoms with Crippen LogP contribution >= 0.6 is 11.6 Å². The molecule has 120 valence electrons. The van der Waals surface area contributed by atoms with Crippen molar-refractivity contribution < 1.29 is 14.6 Å². The Kier molecular flexibility index (Phi) is 6.51. The van der Waals surface area contributed by atoms with E-state index >= 15 is 0 Å². The van der Waals surface area contributed by atoms with Gasteiger partial charge in [-0.15, -0.1) is 0 Å². The number of phenols is 1. The minimum Gasteiger partial charge on any atom is -0.506 e. The molecule has 2 N–H and O–H groups in total. The van der Waals surface area contributed by atoms with Gasteiger partial charge in [0.25, 0.3) is 0 Å². The van der Waals surface area contributed by atoms with Gasteiger partial charge >= 0.3 is 6.09 Å². The van der Waals surface area contributed by atoms with Gasteiger partial charge in [-0.05, 0) is 23.6 Å². The summed E-state index contributed by atoms with van der Waals surface area (Å²) in [6, 6.07) is 14.6. The standard InChI is InChI=1S/C18H18ClNO3/c19-17-15(10-6-11-16(17)21)9-4-5-12-20-18(22)23-13-14-7-2-1-3-8-14/h1-4,6-11,21H,5,12-13H2,(H,20,22). The minimum atomic E-state index is -0.447. The smallest absolute Gasteiger partial charge is 0.407 e. The van der Waals surface area contributed by atoms with E-state index in [0.29, 0.717) is 18.0 Å². The van der Waals surface area contributed by atoms with Crippen LogP contribution in [-0.4, -0.2) is 17.7 Å². The van der Waals surface area contributed by atoms with Gasteiger partial charge < -0.3 is 15.2 Å². The zero-order valence-electron chi connectivity index (χ0n) is 12.5. The van der Waals surface area contributed by atoms with E-state index in [1.54, 1.807) is 18.2 Å². The van der Waals surface area contributed by atoms with E-state index in [9.17, 15) is 9.90 Å². The van der Waals surface area contributed by atoms with Crippen molar-refractivity contribution in [1.82, 2.24) is 5.32 Å². The van der Waals surface area contributed by atoms with Crippen LogP contribution in [0.1, 0.15) is 17.5 Å². The number of hydrogen-bond acceptors (Lipinski definition) is 3. The number of alkyl carbamates (subject to hydrolysis) is 1. The molecule has 23 heavy (non-hydrogen) atoms. The number of phenolic OH excluding ortho intramolecular Hbond substituents is 1. The lowest BCUT2D eigenvalue weighted by Gasteiger charge is -2.06. The minimum absolute atomic E-state index is 0.0523. The Morgan fingerprint density at radius 1 is 1.17 bits per heavy atom. The second-order valence-electron chi connectivity index (χ2n) is 4.86. The third-order valence-corrected chi connectivity index (χ3v) is 3.51. The SMILES string of the molecule is O=C(NCCC=Cc1cccc(O)c1Cl)OCc1ccccc1. The van der Waals surface area contributed by atoms with Gasteiger partial charge in [0.15, 0.2) is 0 Å². The lowest BCUT2D eigenvalue weighted by atomic mass is 10.2. The van der Waals surface area contributed by atoms with Crippen LogP contribution in [-0.2, 0) is 11.3 Å². The highest BCUT2D eigenvalue weighted by Crippen LogP contribution is 2.27. The summed E-state index contributed by atoms with van der Waals surface area (Å²) < 4.78 is 5.10. The molecule has 0 aliphatic heterocycles. The fourth-order valence-electron chi connectivity index (χ4n) is 1.91. The number of amides is 1. The summed E-state index contributed by atoms with van der Waals surface area (Å²) in [6.07, 6.45) is 3.86. The number of nitrogens with one attached hydrogen (secondary N) is 1. The van der Waals surface area contributed by atoms with Gasteiger partial charge in [-0.25, -0.2) is 4.79 Å². The number of ether oxygens (including phenoxy) is 1. The number of carbonyl (C=O) groups excluding carboxylic acids is 1. The van der Waals surface area contributed by atoms with E-state index in [1.165, 1.54) is 6.07 Å². The molecule has 0 aliphatic rings. The van der Waals surface area contributed by atoms with Crippen LogP contribution in [0, 0.1) is 0 Å². The van der Waals surface area contributed by atoms with Crippen LogP contribution in [0.5, 0.6) is 5.75 Å². The third kappa shape index (κ3) is 5.68. The predicted molar refractivity (Wildman–Crippen MR) is 91.4 cm³/mol. The van der Waals surface area contributed by atoms with Crippen molar-refractivity contribution in [2.75, 3.05) is 6.54 Å². The zero-order valence-corrected chi connectivity index (χ0v) is 13.3. The van der Waals surface area contributed by atoms with Gasteiger partial charge in [0.05, 0.1) is 5.02 Å². The molecule has 2 aromatic carbocycles. The maximum absolute atomic E-state index is 11.5. The Bertz CT molecular complexity index is 671. The molecule has 0 atom stereocenters. The summed E-state index contributed by atoms with van der Waals surface area (Å²) in [5.41, 5.74) is 1.68. The topological polar surface area (TPSA) is 58.6 Å². The first-order valence-electron chi connectivity index (χ1n) is 7.25. The van der Waals surface area contributed by atoms with Crippen LogP contribution in [0.2, 0.25) is 5.02 Å². The lowest BCUT2D eigenvalue weighted by molar-refractivity contribution is 0.140. The van der Waals surface area contributed by atoms with Gasteiger partial charge in [-0.1, -0.05) is 66.2 Å². The van der Waals surface area contributed by atoms with Crippen molar-refractivity contribution in [2.24, 2.45) is 0 Å². The van der Waals surface area contributed by atoms with Gasteiger partial charge in [0.1, 0.15) is 12.4 Å². The number of aromatic hydroxyl groups is 1. The molecule has 2 aromatic rings. The number of rotatable bonds is 6. The van der Waals surface area contributed by atoms with Crippen LogP contribution in [0.15, 0.2) is 54.6 Å². The molecule has 5 heteroatoms. The molecule has 0 aliphatic carbocycles. The fourth-order valence-corrected chi connectivity index (χ4v) is 2.10. The predicted octanol–water partition coefficient (Wildman–Crippen LogP) is 4.38. The van der Waals surface area contributed by atoms with E-state index in [-0.39, 0.29) is 12.4 Å². The first kappa shape index (κ1) is 16.9. The highest BCUT2D eigenvalue weighted by molar-refractivity contribution is 6.33. The molecule has 0 saturated carbocycles. The van der Waals surface area contributed by atoms with E-state index in [2.05, 4.69) is 5.32 Å². The average Bonchev–Trinajstić information content (AvgIpc) is 2.57. The number of benzene rings is 2. The summed E-state index contributed by atoms with van der Waals surface area (Å²) in [5, 5.41) is 12.5. The molecule has 0 spiro atoms. The summed E-state index contributed by atoms with van der Waals surface area (Å²) in [4.78, 5) is 11.5. The fraction of sp³-hybridized carbons (Fsp3) is 0.167. The largest absolute Gasteiger partial charge is 0.506 e. The molecular weight excluding hydrogens is 314 g/mol. The molecule has 0 fully saturated rings. The Morgan fingerprint density at radius 3 is 2.74 bits per heavy atom. The van der Waals surface area contributed by atoms with Crippen molar-refractivity contribution >= 4 is 23.8 Å². The number of halogens is 1. The Hall–Kier alpha value is -2.46. The average molecular weight is 332 g/mol. The van der Waals surface area contributed by atoms with Crippen molar-refractivity contribution in [3.05, 3.63) is 70.8 Å². The van der Waals surface area contributed by atoms with Crippen LogP contribution in [0.25, 0.3) is 6.08 Å². The summed E-state index contributed by atoms with van der Waals surface area (Å²) in [7, 11) is 0. The van der Waals surface area contributed by atoms with Gasteiger partial charge in [-0.2, -0.15) is 0 Å². The van der Waals surface area contributed by atoms with Crippen molar-refractivity contribution in [3.8, 4) is 5.75 Å². The van der Waals surface area contributed by atoms with Gasteiger partial charge in [-0.3, -0.25) is 0 Å². The molecule has 0 saturated heterocycles. The number of hydrogen-bond donors (Lipinski definition) is 2. The van der Waals surface area contributed by atoms with Crippen LogP contribution in [0.4, 0.5) is 4.79 Å². The van der Waals surface area contributed by atoms with Crippen molar-refractivity contribution in [1.29, 1.82) is 0 Å². The Labute approximate surface area is 140 Å². The molecule has 0 unspecified atom stereocenters. The molecule has 0 radical (unpaired) electrons. The first-order valence-corrected chi connectivity index (χ1v) is 7.63. The number of carbonyl (C=O) groups is 1. The molecule has 4 nitrogen and oxygen atoms in total. The normalized spacial score (nSPS) is 10.7. The zero-order chi connectivity index (χ0) is 16.5. The molecule has 0 bridgehead atoms. The molecule has 0 heterocycles. The molecule has 2 rings (SSSR count). The maximum Gasteiger partial charge on any atom is 0.407 e.